The molecule has 170 valence electrons. The van der Waals surface area contributed by atoms with Crippen LogP contribution in [0, 0.1) is 23.0 Å². The molecule has 1 aliphatic heterocycles. The minimum Gasteiger partial charge on any atom is -0.506 e. The van der Waals surface area contributed by atoms with Gasteiger partial charge in [0.1, 0.15) is 23.5 Å². The van der Waals surface area contributed by atoms with Crippen LogP contribution in [0.3, 0.4) is 0 Å². The van der Waals surface area contributed by atoms with Crippen LogP contribution in [0.15, 0.2) is 60.7 Å². The number of halogens is 2. The average Bonchev–Trinajstić information content (AvgIpc) is 2.83. The van der Waals surface area contributed by atoms with Crippen LogP contribution >= 0.6 is 0 Å². The maximum absolute atomic E-state index is 13.7. The van der Waals surface area contributed by atoms with Crippen molar-refractivity contribution in [3.8, 4) is 34.2 Å². The maximum atomic E-state index is 13.7. The molecule has 0 amide bonds. The number of pyridine rings is 1. The Kier molecular flexibility index (Phi) is 5.60. The van der Waals surface area contributed by atoms with Crippen molar-refractivity contribution in [2.45, 2.75) is 18.9 Å². The van der Waals surface area contributed by atoms with E-state index in [1.165, 1.54) is 12.1 Å². The van der Waals surface area contributed by atoms with Gasteiger partial charge in [-0.25, -0.2) is 13.8 Å². The second kappa shape index (κ2) is 8.73. The van der Waals surface area contributed by atoms with Gasteiger partial charge >= 0.3 is 0 Å². The number of benzene rings is 3. The number of hydrogen-bond donors (Lipinski definition) is 2. The van der Waals surface area contributed by atoms with Gasteiger partial charge in [-0.2, -0.15) is 5.26 Å². The molecule has 1 saturated heterocycles. The third-order valence-corrected chi connectivity index (χ3v) is 6.29. The van der Waals surface area contributed by atoms with E-state index >= 15 is 0 Å². The standard InChI is InChI=1S/C27H22F2N4O/c28-20-12-19(13-21(29)14-20)24-4-1-16-11-17(2-5-23(16)32-24)26-25(6-3-18(15-30)27(26)34)33-9-7-22(31)8-10-33/h1-6,11-14,22,34H,7-10,31H2. The van der Waals surface area contributed by atoms with Crippen molar-refractivity contribution < 1.29 is 13.9 Å². The summed E-state index contributed by atoms with van der Waals surface area (Å²) in [5, 5.41) is 21.2. The molecule has 5 rings (SSSR count). The van der Waals surface area contributed by atoms with E-state index in [0.717, 1.165) is 48.6 Å². The van der Waals surface area contributed by atoms with Crippen molar-refractivity contribution in [3.63, 3.8) is 0 Å². The number of nitrogens with two attached hydrogens (primary N) is 1. The summed E-state index contributed by atoms with van der Waals surface area (Å²) >= 11 is 0. The lowest BCUT2D eigenvalue weighted by molar-refractivity contribution is 0.473. The van der Waals surface area contributed by atoms with Crippen LogP contribution in [0.4, 0.5) is 14.5 Å². The van der Waals surface area contributed by atoms with Crippen LogP contribution in [0.1, 0.15) is 18.4 Å². The molecular weight excluding hydrogens is 434 g/mol. The zero-order valence-electron chi connectivity index (χ0n) is 18.3. The van der Waals surface area contributed by atoms with Crippen molar-refractivity contribution in [3.05, 3.63) is 77.9 Å². The van der Waals surface area contributed by atoms with Gasteiger partial charge in [0.25, 0.3) is 0 Å². The number of phenolic OH excluding ortho intramolecular Hbond substituents is 1. The summed E-state index contributed by atoms with van der Waals surface area (Å²) in [6, 6.07) is 18.1. The normalized spacial score (nSPS) is 14.4. The zero-order valence-corrected chi connectivity index (χ0v) is 18.3. The highest BCUT2D eigenvalue weighted by Gasteiger charge is 2.23. The van der Waals surface area contributed by atoms with E-state index in [9.17, 15) is 19.1 Å². The molecule has 1 aliphatic rings. The molecule has 0 saturated carbocycles. The minimum absolute atomic E-state index is 0.0611. The van der Waals surface area contributed by atoms with Crippen molar-refractivity contribution >= 4 is 16.6 Å². The van der Waals surface area contributed by atoms with Gasteiger partial charge in [-0.3, -0.25) is 0 Å². The second-order valence-corrected chi connectivity index (χ2v) is 8.55. The molecule has 0 spiro atoms. The second-order valence-electron chi connectivity index (χ2n) is 8.55. The number of anilines is 1. The molecule has 0 radical (unpaired) electrons. The molecule has 0 aliphatic carbocycles. The van der Waals surface area contributed by atoms with Gasteiger partial charge < -0.3 is 15.7 Å². The molecule has 34 heavy (non-hydrogen) atoms. The van der Waals surface area contributed by atoms with Gasteiger partial charge in [-0.15, -0.1) is 0 Å². The number of nitriles is 1. The molecule has 7 heteroatoms. The predicted molar refractivity (Wildman–Crippen MR) is 128 cm³/mol. The summed E-state index contributed by atoms with van der Waals surface area (Å²) < 4.78 is 27.3. The van der Waals surface area contributed by atoms with Crippen LogP contribution in [-0.2, 0) is 0 Å². The van der Waals surface area contributed by atoms with E-state index < -0.39 is 11.6 Å². The van der Waals surface area contributed by atoms with E-state index in [2.05, 4.69) is 16.0 Å². The maximum Gasteiger partial charge on any atom is 0.143 e. The number of aromatic hydroxyl groups is 1. The fourth-order valence-electron chi connectivity index (χ4n) is 4.50. The summed E-state index contributed by atoms with van der Waals surface area (Å²) in [5.74, 6) is -1.38. The fourth-order valence-corrected chi connectivity index (χ4v) is 4.50. The largest absolute Gasteiger partial charge is 0.506 e. The molecule has 2 heterocycles. The van der Waals surface area contributed by atoms with Crippen LogP contribution in [0.25, 0.3) is 33.3 Å². The molecule has 3 aromatic carbocycles. The Labute approximate surface area is 195 Å². The van der Waals surface area contributed by atoms with Crippen molar-refractivity contribution in [1.82, 2.24) is 4.98 Å². The third kappa shape index (κ3) is 4.04. The monoisotopic (exact) mass is 456 g/mol. The molecule has 0 bridgehead atoms. The predicted octanol–water partition coefficient (Wildman–Crippen LogP) is 5.35. The van der Waals surface area contributed by atoms with E-state index in [1.54, 1.807) is 18.2 Å². The number of phenols is 1. The van der Waals surface area contributed by atoms with E-state index in [0.29, 0.717) is 22.3 Å². The summed E-state index contributed by atoms with van der Waals surface area (Å²) in [6.45, 7) is 1.53. The summed E-state index contributed by atoms with van der Waals surface area (Å²) in [5.41, 5.74) is 9.91. The lowest BCUT2D eigenvalue weighted by atomic mass is 9.95. The van der Waals surface area contributed by atoms with Crippen LogP contribution < -0.4 is 10.6 Å². The van der Waals surface area contributed by atoms with Crippen LogP contribution in [0.5, 0.6) is 5.75 Å². The number of aromatic nitrogens is 1. The van der Waals surface area contributed by atoms with E-state index in [1.807, 2.05) is 24.3 Å². The third-order valence-electron chi connectivity index (χ3n) is 6.29. The number of hydrogen-bond acceptors (Lipinski definition) is 5. The molecular formula is C27H22F2N4O. The summed E-state index contributed by atoms with van der Waals surface area (Å²) in [7, 11) is 0. The van der Waals surface area contributed by atoms with Crippen molar-refractivity contribution in [2.75, 3.05) is 18.0 Å². The number of piperidine rings is 1. The Morgan fingerprint density at radius 2 is 1.68 bits per heavy atom. The van der Waals surface area contributed by atoms with Gasteiger partial charge in [0.05, 0.1) is 16.8 Å². The molecule has 1 aromatic heterocycles. The first-order valence-electron chi connectivity index (χ1n) is 11.1. The first-order valence-corrected chi connectivity index (χ1v) is 11.1. The molecule has 4 aromatic rings. The summed E-state index contributed by atoms with van der Waals surface area (Å²) in [4.78, 5) is 6.75. The Balaban J connectivity index is 1.59. The highest BCUT2D eigenvalue weighted by atomic mass is 19.1. The molecule has 1 fully saturated rings. The number of fused-ring (bicyclic) bond motifs is 1. The highest BCUT2D eigenvalue weighted by molar-refractivity contribution is 5.92. The number of nitrogens with zero attached hydrogens (tertiary/aromatic N) is 3. The topological polar surface area (TPSA) is 86.2 Å². The lowest BCUT2D eigenvalue weighted by Gasteiger charge is -2.33. The number of rotatable bonds is 3. The molecule has 0 unspecified atom stereocenters. The van der Waals surface area contributed by atoms with Gasteiger partial charge in [-0.05, 0) is 60.9 Å². The highest BCUT2D eigenvalue weighted by Crippen LogP contribution is 2.42. The summed E-state index contributed by atoms with van der Waals surface area (Å²) in [6.07, 6.45) is 1.70. The first-order chi connectivity index (χ1) is 16.4. The minimum atomic E-state index is -0.661. The zero-order chi connectivity index (χ0) is 23.8. The quantitative estimate of drug-likeness (QED) is 0.434. The Bertz CT molecular complexity index is 1420. The van der Waals surface area contributed by atoms with Crippen LogP contribution in [0.2, 0.25) is 0 Å². The molecule has 3 N–H and O–H groups in total. The average molecular weight is 456 g/mol. The SMILES string of the molecule is N#Cc1ccc(N2CCC(N)CC2)c(-c2ccc3nc(-c4cc(F)cc(F)c4)ccc3c2)c1O. The van der Waals surface area contributed by atoms with Gasteiger partial charge in [-0.1, -0.05) is 12.1 Å². The van der Waals surface area contributed by atoms with Gasteiger partial charge in [0, 0.05) is 47.4 Å². The van der Waals surface area contributed by atoms with Crippen molar-refractivity contribution in [1.29, 1.82) is 5.26 Å². The first kappa shape index (κ1) is 21.8. The molecule has 5 nitrogen and oxygen atoms in total. The Morgan fingerprint density at radius 3 is 2.38 bits per heavy atom. The van der Waals surface area contributed by atoms with E-state index in [-0.39, 0.29) is 17.4 Å². The van der Waals surface area contributed by atoms with Crippen LogP contribution in [-0.4, -0.2) is 29.2 Å². The molecule has 0 atom stereocenters. The van der Waals surface area contributed by atoms with Gasteiger partial charge in [0.15, 0.2) is 0 Å². The van der Waals surface area contributed by atoms with Crippen molar-refractivity contribution in [2.24, 2.45) is 5.73 Å². The van der Waals surface area contributed by atoms with Gasteiger partial charge in [0.2, 0.25) is 0 Å². The smallest absolute Gasteiger partial charge is 0.143 e. The fraction of sp³-hybridized carbons (Fsp3) is 0.185. The Hall–Kier alpha value is -4.02. The Morgan fingerprint density at radius 1 is 0.941 bits per heavy atom. The van der Waals surface area contributed by atoms with E-state index in [4.69, 9.17) is 5.73 Å². The lowest BCUT2D eigenvalue weighted by Crippen LogP contribution is -2.39.